The summed E-state index contributed by atoms with van der Waals surface area (Å²) in [7, 11) is 0. The van der Waals surface area contributed by atoms with Crippen LogP contribution in [0.15, 0.2) is 59.1 Å². The lowest BCUT2D eigenvalue weighted by Gasteiger charge is -2.16. The predicted molar refractivity (Wildman–Crippen MR) is 110 cm³/mol. The summed E-state index contributed by atoms with van der Waals surface area (Å²) in [5.41, 5.74) is 6.92. The summed E-state index contributed by atoms with van der Waals surface area (Å²) in [6, 6.07) is 16.7. The van der Waals surface area contributed by atoms with Crippen molar-refractivity contribution in [3.8, 4) is 11.1 Å². The molecule has 3 aromatic rings. The molecule has 0 saturated carbocycles. The topological polar surface area (TPSA) is 43.1 Å². The SMILES string of the molecule is Cc1cc(-c2ccc([N+](=O)[O-])cc2)c(Br)c(C)c1Cc1ccc(Cl)cc1. The molecule has 0 fully saturated rings. The minimum Gasteiger partial charge on any atom is -0.258 e. The Morgan fingerprint density at radius 1 is 1.04 bits per heavy atom. The van der Waals surface area contributed by atoms with Crippen LogP contribution in [0.1, 0.15) is 22.3 Å². The van der Waals surface area contributed by atoms with Crippen molar-refractivity contribution in [3.63, 3.8) is 0 Å². The number of nitrogens with zero attached hydrogens (tertiary/aromatic N) is 1. The van der Waals surface area contributed by atoms with E-state index in [1.165, 1.54) is 34.4 Å². The minimum absolute atomic E-state index is 0.0951. The summed E-state index contributed by atoms with van der Waals surface area (Å²) in [5.74, 6) is 0. The predicted octanol–water partition coefficient (Wildman–Crippen LogP) is 6.89. The van der Waals surface area contributed by atoms with E-state index in [9.17, 15) is 10.1 Å². The quantitative estimate of drug-likeness (QED) is 0.334. The number of halogens is 2. The summed E-state index contributed by atoms with van der Waals surface area (Å²) in [6.45, 7) is 4.19. The lowest BCUT2D eigenvalue weighted by atomic mass is 9.92. The molecule has 3 nitrogen and oxygen atoms in total. The zero-order valence-corrected chi connectivity index (χ0v) is 16.8. The second-order valence-corrected chi connectivity index (χ2v) is 7.50. The average molecular weight is 431 g/mol. The monoisotopic (exact) mass is 429 g/mol. The summed E-state index contributed by atoms with van der Waals surface area (Å²) in [6.07, 6.45) is 0.827. The van der Waals surface area contributed by atoms with E-state index in [1.807, 2.05) is 24.3 Å². The molecular weight excluding hydrogens is 414 g/mol. The van der Waals surface area contributed by atoms with Gasteiger partial charge in [0.25, 0.3) is 5.69 Å². The molecule has 0 amide bonds. The van der Waals surface area contributed by atoms with Gasteiger partial charge in [-0.25, -0.2) is 0 Å². The molecule has 3 rings (SSSR count). The molecule has 0 bridgehead atoms. The van der Waals surface area contributed by atoms with E-state index < -0.39 is 0 Å². The van der Waals surface area contributed by atoms with Crippen LogP contribution in [-0.2, 0) is 6.42 Å². The molecule has 0 unspecified atom stereocenters. The highest BCUT2D eigenvalue weighted by molar-refractivity contribution is 9.10. The van der Waals surface area contributed by atoms with Crippen LogP contribution in [0.25, 0.3) is 11.1 Å². The van der Waals surface area contributed by atoms with Crippen LogP contribution < -0.4 is 0 Å². The maximum atomic E-state index is 10.9. The standard InChI is InChI=1S/C21H17BrClNO2/c1-13-11-20(16-5-9-18(10-6-16)24(25)26)21(22)14(2)19(13)12-15-3-7-17(23)8-4-15/h3-11H,12H2,1-2H3. The van der Waals surface area contributed by atoms with E-state index in [2.05, 4.69) is 35.8 Å². The summed E-state index contributed by atoms with van der Waals surface area (Å²) in [4.78, 5) is 10.5. The van der Waals surface area contributed by atoms with Crippen molar-refractivity contribution in [2.75, 3.05) is 0 Å². The van der Waals surface area contributed by atoms with Gasteiger partial charge in [0, 0.05) is 21.6 Å². The molecule has 26 heavy (non-hydrogen) atoms. The Kier molecular flexibility index (Phi) is 5.44. The molecule has 0 radical (unpaired) electrons. The first-order valence-electron chi connectivity index (χ1n) is 8.14. The van der Waals surface area contributed by atoms with Crippen LogP contribution in [0.2, 0.25) is 5.02 Å². The second kappa shape index (κ2) is 7.60. The molecule has 0 aliphatic carbocycles. The Hall–Kier alpha value is -2.17. The molecular formula is C21H17BrClNO2. The highest BCUT2D eigenvalue weighted by Crippen LogP contribution is 2.36. The number of non-ortho nitro benzene ring substituents is 1. The molecule has 0 N–H and O–H groups in total. The second-order valence-electron chi connectivity index (χ2n) is 6.27. The molecule has 0 aliphatic heterocycles. The fourth-order valence-corrected chi connectivity index (χ4v) is 3.76. The number of benzene rings is 3. The molecule has 132 valence electrons. The highest BCUT2D eigenvalue weighted by atomic mass is 79.9. The maximum absolute atomic E-state index is 10.9. The summed E-state index contributed by atoms with van der Waals surface area (Å²) >= 11 is 9.69. The van der Waals surface area contributed by atoms with Crippen molar-refractivity contribution >= 4 is 33.2 Å². The molecule has 5 heteroatoms. The number of nitro benzene ring substituents is 1. The van der Waals surface area contributed by atoms with Crippen LogP contribution in [0, 0.1) is 24.0 Å². The van der Waals surface area contributed by atoms with Gasteiger partial charge in [0.1, 0.15) is 0 Å². The third kappa shape index (κ3) is 3.81. The Balaban J connectivity index is 1.99. The molecule has 0 atom stereocenters. The van der Waals surface area contributed by atoms with Crippen molar-refractivity contribution in [1.82, 2.24) is 0 Å². The largest absolute Gasteiger partial charge is 0.269 e. The molecule has 0 heterocycles. The van der Waals surface area contributed by atoms with E-state index in [4.69, 9.17) is 11.6 Å². The van der Waals surface area contributed by atoms with Crippen molar-refractivity contribution in [2.24, 2.45) is 0 Å². The van der Waals surface area contributed by atoms with E-state index in [1.54, 1.807) is 12.1 Å². The van der Waals surface area contributed by atoms with Gasteiger partial charge in [0.15, 0.2) is 0 Å². The van der Waals surface area contributed by atoms with E-state index in [0.29, 0.717) is 0 Å². The van der Waals surface area contributed by atoms with Gasteiger partial charge in [0.05, 0.1) is 4.92 Å². The van der Waals surface area contributed by atoms with Crippen LogP contribution >= 0.6 is 27.5 Å². The minimum atomic E-state index is -0.384. The molecule has 3 aromatic carbocycles. The molecule has 0 spiro atoms. The number of hydrogen-bond acceptors (Lipinski definition) is 2. The van der Waals surface area contributed by atoms with Gasteiger partial charge in [-0.2, -0.15) is 0 Å². The zero-order chi connectivity index (χ0) is 18.8. The van der Waals surface area contributed by atoms with Crippen molar-refractivity contribution < 1.29 is 4.92 Å². The molecule has 0 aliphatic rings. The number of nitro groups is 1. The number of aryl methyl sites for hydroxylation is 1. The first-order valence-corrected chi connectivity index (χ1v) is 9.31. The fraction of sp³-hybridized carbons (Fsp3) is 0.143. The lowest BCUT2D eigenvalue weighted by molar-refractivity contribution is -0.384. The molecule has 0 saturated heterocycles. The summed E-state index contributed by atoms with van der Waals surface area (Å²) < 4.78 is 1.01. The van der Waals surface area contributed by atoms with Crippen molar-refractivity contribution in [2.45, 2.75) is 20.3 Å². The van der Waals surface area contributed by atoms with Gasteiger partial charge < -0.3 is 0 Å². The van der Waals surface area contributed by atoms with E-state index in [0.717, 1.165) is 27.0 Å². The molecule has 0 aromatic heterocycles. The van der Waals surface area contributed by atoms with Crippen molar-refractivity contribution in [1.29, 1.82) is 0 Å². The Morgan fingerprint density at radius 3 is 2.23 bits per heavy atom. The third-order valence-electron chi connectivity index (χ3n) is 4.54. The van der Waals surface area contributed by atoms with E-state index >= 15 is 0 Å². The first-order chi connectivity index (χ1) is 12.4. The van der Waals surface area contributed by atoms with Crippen LogP contribution in [-0.4, -0.2) is 4.92 Å². The van der Waals surface area contributed by atoms with Crippen LogP contribution in [0.4, 0.5) is 5.69 Å². The van der Waals surface area contributed by atoms with E-state index in [-0.39, 0.29) is 10.6 Å². The highest BCUT2D eigenvalue weighted by Gasteiger charge is 2.14. The number of hydrogen-bond donors (Lipinski definition) is 0. The van der Waals surface area contributed by atoms with Gasteiger partial charge in [-0.05, 0) is 99.9 Å². The van der Waals surface area contributed by atoms with Crippen LogP contribution in [0.3, 0.4) is 0 Å². The maximum Gasteiger partial charge on any atom is 0.269 e. The Morgan fingerprint density at radius 2 is 1.65 bits per heavy atom. The van der Waals surface area contributed by atoms with Gasteiger partial charge in [-0.15, -0.1) is 0 Å². The fourth-order valence-electron chi connectivity index (χ4n) is 3.05. The van der Waals surface area contributed by atoms with Gasteiger partial charge in [0.2, 0.25) is 0 Å². The smallest absolute Gasteiger partial charge is 0.258 e. The normalized spacial score (nSPS) is 10.8. The van der Waals surface area contributed by atoms with Gasteiger partial charge in [-0.1, -0.05) is 23.7 Å². The average Bonchev–Trinajstić information content (AvgIpc) is 2.63. The van der Waals surface area contributed by atoms with Crippen molar-refractivity contribution in [3.05, 3.63) is 96.5 Å². The van der Waals surface area contributed by atoms with Gasteiger partial charge >= 0.3 is 0 Å². The zero-order valence-electron chi connectivity index (χ0n) is 14.4. The number of rotatable bonds is 4. The first kappa shape index (κ1) is 18.6. The van der Waals surface area contributed by atoms with Crippen LogP contribution in [0.5, 0.6) is 0 Å². The summed E-state index contributed by atoms with van der Waals surface area (Å²) in [5, 5.41) is 11.6. The lowest BCUT2D eigenvalue weighted by Crippen LogP contribution is -1.99. The Labute approximate surface area is 165 Å². The van der Waals surface area contributed by atoms with Gasteiger partial charge in [-0.3, -0.25) is 10.1 Å². The Bertz CT molecular complexity index is 967. The third-order valence-corrected chi connectivity index (χ3v) is 5.81.